The number of ketones is 1. The number of aromatic nitrogens is 2. The monoisotopic (exact) mass is 432 g/mol. The van der Waals surface area contributed by atoms with E-state index >= 15 is 0 Å². The molecule has 0 fully saturated rings. The van der Waals surface area contributed by atoms with Crippen molar-refractivity contribution in [3.8, 4) is 11.5 Å². The third-order valence-corrected chi connectivity index (χ3v) is 7.26. The Balaban J connectivity index is 1.58. The summed E-state index contributed by atoms with van der Waals surface area (Å²) in [6, 6.07) is 13.5. The largest absolute Gasteiger partial charge is 0.497 e. The minimum absolute atomic E-state index is 0.0436. The van der Waals surface area contributed by atoms with Gasteiger partial charge in [0.05, 0.1) is 14.2 Å². The number of nitrogens with zero attached hydrogens (tertiary/aromatic N) is 2. The van der Waals surface area contributed by atoms with Crippen LogP contribution in [0.25, 0.3) is 0 Å². The van der Waals surface area contributed by atoms with Gasteiger partial charge in [-0.1, -0.05) is 47.0 Å². The van der Waals surface area contributed by atoms with E-state index < -0.39 is 0 Å². The Labute approximate surface area is 176 Å². The van der Waals surface area contributed by atoms with E-state index in [-0.39, 0.29) is 5.78 Å². The fourth-order valence-electron chi connectivity index (χ4n) is 2.43. The van der Waals surface area contributed by atoms with Gasteiger partial charge in [0.1, 0.15) is 11.5 Å². The molecule has 2 aromatic carbocycles. The predicted octanol–water partition coefficient (Wildman–Crippen LogP) is 5.34. The molecule has 5 nitrogen and oxygen atoms in total. The first kappa shape index (κ1) is 20.7. The summed E-state index contributed by atoms with van der Waals surface area (Å²) in [6.07, 6.45) is 0. The van der Waals surface area contributed by atoms with Crippen LogP contribution < -0.4 is 9.47 Å². The maximum atomic E-state index is 11.6. The zero-order chi connectivity index (χ0) is 19.9. The van der Waals surface area contributed by atoms with E-state index in [1.54, 1.807) is 62.1 Å². The van der Waals surface area contributed by atoms with Gasteiger partial charge in [-0.15, -0.1) is 10.2 Å². The Morgan fingerprint density at radius 1 is 0.964 bits per heavy atom. The van der Waals surface area contributed by atoms with Crippen molar-refractivity contribution in [2.45, 2.75) is 27.1 Å². The van der Waals surface area contributed by atoms with Crippen molar-refractivity contribution in [3.63, 3.8) is 0 Å². The highest BCUT2D eigenvalue weighted by atomic mass is 32.2. The summed E-state index contributed by atoms with van der Waals surface area (Å²) in [5.41, 5.74) is 2.87. The minimum Gasteiger partial charge on any atom is -0.497 e. The van der Waals surface area contributed by atoms with Crippen LogP contribution in [0.5, 0.6) is 11.5 Å². The molecule has 0 saturated heterocycles. The number of hydrogen-bond acceptors (Lipinski definition) is 8. The van der Waals surface area contributed by atoms with Gasteiger partial charge >= 0.3 is 0 Å². The fraction of sp³-hybridized carbons (Fsp3) is 0.250. The van der Waals surface area contributed by atoms with Crippen LogP contribution in [0.1, 0.15) is 28.4 Å². The molecular formula is C20H20N2O3S3. The average Bonchev–Trinajstić information content (AvgIpc) is 3.18. The summed E-state index contributed by atoms with van der Waals surface area (Å²) >= 11 is 4.83. The van der Waals surface area contributed by atoms with E-state index in [1.165, 1.54) is 5.56 Å². The van der Waals surface area contributed by atoms with E-state index in [0.717, 1.165) is 31.5 Å². The standard InChI is InChI=1S/C20H20N2O3S3/c1-13(23)15-6-9-18(25-3)16(10-15)12-27-20-22-21-19(28-20)26-11-14-4-7-17(24-2)8-5-14/h4-10H,11-12H2,1-3H3. The number of hydrogen-bond donors (Lipinski definition) is 0. The van der Waals surface area contributed by atoms with Crippen molar-refractivity contribution >= 4 is 40.6 Å². The van der Waals surface area contributed by atoms with Gasteiger partial charge in [-0.25, -0.2) is 0 Å². The van der Waals surface area contributed by atoms with Gasteiger partial charge in [-0.2, -0.15) is 0 Å². The number of Topliss-reactive ketones (excluding diaryl/α,β-unsaturated/α-hetero) is 1. The molecule has 0 atom stereocenters. The maximum absolute atomic E-state index is 11.6. The lowest BCUT2D eigenvalue weighted by Crippen LogP contribution is -1.96. The predicted molar refractivity (Wildman–Crippen MR) is 115 cm³/mol. The zero-order valence-corrected chi connectivity index (χ0v) is 18.2. The van der Waals surface area contributed by atoms with Crippen molar-refractivity contribution in [3.05, 3.63) is 59.2 Å². The number of methoxy groups -OCH3 is 2. The van der Waals surface area contributed by atoms with E-state index in [9.17, 15) is 4.79 Å². The number of benzene rings is 2. The Kier molecular flexibility index (Phi) is 7.36. The molecule has 0 saturated carbocycles. The first-order valence-corrected chi connectivity index (χ1v) is 11.3. The SMILES string of the molecule is COc1ccc(CSc2nnc(SCc3cc(C(C)=O)ccc3OC)s2)cc1. The van der Waals surface area contributed by atoms with Crippen LogP contribution in [-0.2, 0) is 11.5 Å². The highest BCUT2D eigenvalue weighted by molar-refractivity contribution is 8.02. The zero-order valence-electron chi connectivity index (χ0n) is 15.8. The molecule has 0 bridgehead atoms. The second-order valence-electron chi connectivity index (χ2n) is 5.84. The molecular weight excluding hydrogens is 412 g/mol. The van der Waals surface area contributed by atoms with Crippen LogP contribution in [0.15, 0.2) is 51.1 Å². The third kappa shape index (κ3) is 5.50. The Morgan fingerprint density at radius 3 is 2.25 bits per heavy atom. The molecule has 0 radical (unpaired) electrons. The van der Waals surface area contributed by atoms with Crippen LogP contribution in [0.4, 0.5) is 0 Å². The summed E-state index contributed by atoms with van der Waals surface area (Å²) in [5, 5.41) is 8.53. The molecule has 146 valence electrons. The van der Waals surface area contributed by atoms with Gasteiger partial charge in [-0.3, -0.25) is 4.79 Å². The van der Waals surface area contributed by atoms with Crippen molar-refractivity contribution < 1.29 is 14.3 Å². The Morgan fingerprint density at radius 2 is 1.64 bits per heavy atom. The fourth-order valence-corrected chi connectivity index (χ4v) is 5.38. The van der Waals surface area contributed by atoms with E-state index in [0.29, 0.717) is 11.3 Å². The van der Waals surface area contributed by atoms with Gasteiger partial charge in [0, 0.05) is 22.6 Å². The number of rotatable bonds is 9. The van der Waals surface area contributed by atoms with E-state index in [1.807, 2.05) is 24.3 Å². The summed E-state index contributed by atoms with van der Waals surface area (Å²) in [4.78, 5) is 11.6. The Hall–Kier alpha value is -2.03. The maximum Gasteiger partial charge on any atom is 0.175 e. The molecule has 0 amide bonds. The molecule has 0 aliphatic rings. The number of carbonyl (C=O) groups is 1. The van der Waals surface area contributed by atoms with Crippen LogP contribution in [0.2, 0.25) is 0 Å². The highest BCUT2D eigenvalue weighted by Crippen LogP contribution is 2.34. The lowest BCUT2D eigenvalue weighted by molar-refractivity contribution is 0.101. The minimum atomic E-state index is 0.0436. The highest BCUT2D eigenvalue weighted by Gasteiger charge is 2.11. The first-order chi connectivity index (χ1) is 13.6. The summed E-state index contributed by atoms with van der Waals surface area (Å²) in [7, 11) is 3.30. The quantitative estimate of drug-likeness (QED) is 0.334. The molecule has 0 aliphatic heterocycles. The van der Waals surface area contributed by atoms with Crippen LogP contribution in [0, 0.1) is 0 Å². The molecule has 0 N–H and O–H groups in total. The van der Waals surface area contributed by atoms with Crippen LogP contribution >= 0.6 is 34.9 Å². The molecule has 1 heterocycles. The van der Waals surface area contributed by atoms with Crippen LogP contribution in [-0.4, -0.2) is 30.2 Å². The van der Waals surface area contributed by atoms with Gasteiger partial charge < -0.3 is 9.47 Å². The first-order valence-electron chi connectivity index (χ1n) is 8.49. The second kappa shape index (κ2) is 9.95. The second-order valence-corrected chi connectivity index (χ2v) is 9.26. The molecule has 0 spiro atoms. The van der Waals surface area contributed by atoms with Gasteiger partial charge in [0.15, 0.2) is 14.5 Å². The van der Waals surface area contributed by atoms with Crippen molar-refractivity contribution in [2.75, 3.05) is 14.2 Å². The number of carbonyl (C=O) groups excluding carboxylic acids is 1. The molecule has 28 heavy (non-hydrogen) atoms. The van der Waals surface area contributed by atoms with Gasteiger partial charge in [0.25, 0.3) is 0 Å². The molecule has 3 aromatic rings. The number of ether oxygens (including phenoxy) is 2. The lowest BCUT2D eigenvalue weighted by Gasteiger charge is -2.08. The van der Waals surface area contributed by atoms with Gasteiger partial charge in [0.2, 0.25) is 0 Å². The smallest absolute Gasteiger partial charge is 0.175 e. The van der Waals surface area contributed by atoms with Crippen molar-refractivity contribution in [1.82, 2.24) is 10.2 Å². The number of thioether (sulfide) groups is 2. The molecule has 1 aromatic heterocycles. The molecule has 0 aliphatic carbocycles. The van der Waals surface area contributed by atoms with E-state index in [4.69, 9.17) is 9.47 Å². The normalized spacial score (nSPS) is 10.7. The summed E-state index contributed by atoms with van der Waals surface area (Å²) in [6.45, 7) is 1.57. The molecule has 0 unspecified atom stereocenters. The molecule has 8 heteroatoms. The summed E-state index contributed by atoms with van der Waals surface area (Å²) < 4.78 is 12.4. The van der Waals surface area contributed by atoms with Crippen molar-refractivity contribution in [1.29, 1.82) is 0 Å². The summed E-state index contributed by atoms with van der Waals surface area (Å²) in [5.74, 6) is 3.17. The molecule has 3 rings (SSSR count). The Bertz CT molecular complexity index is 942. The van der Waals surface area contributed by atoms with Gasteiger partial charge in [-0.05, 0) is 42.8 Å². The van der Waals surface area contributed by atoms with Crippen LogP contribution in [0.3, 0.4) is 0 Å². The topological polar surface area (TPSA) is 61.3 Å². The average molecular weight is 433 g/mol. The van der Waals surface area contributed by atoms with Crippen molar-refractivity contribution in [2.24, 2.45) is 0 Å². The third-order valence-electron chi connectivity index (χ3n) is 3.95. The van der Waals surface area contributed by atoms with E-state index in [2.05, 4.69) is 22.3 Å². The lowest BCUT2D eigenvalue weighted by atomic mass is 10.1.